The quantitative estimate of drug-likeness (QED) is 0.533. The summed E-state index contributed by atoms with van der Waals surface area (Å²) in [5.74, 6) is 0.904. The maximum atomic E-state index is 10.8. The van der Waals surface area contributed by atoms with Gasteiger partial charge in [-0.15, -0.1) is 11.3 Å². The highest BCUT2D eigenvalue weighted by Crippen LogP contribution is 2.22. The molecule has 2 rings (SSSR count). The minimum Gasteiger partial charge on any atom is -0.484 e. The Morgan fingerprint density at radius 3 is 2.85 bits per heavy atom. The maximum Gasteiger partial charge on any atom is 0.255 e. The molecule has 140 valence electrons. The number of guanidine groups is 1. The first-order valence-corrected chi connectivity index (χ1v) is 9.41. The molecule has 26 heavy (non-hydrogen) atoms. The van der Waals surface area contributed by atoms with Crippen LogP contribution in [0.5, 0.6) is 5.75 Å². The number of nitrogens with zero attached hydrogens (tertiary/aromatic N) is 2. The molecule has 0 saturated heterocycles. The van der Waals surface area contributed by atoms with E-state index in [1.165, 1.54) is 4.88 Å². The lowest BCUT2D eigenvalue weighted by Gasteiger charge is -2.21. The Bertz CT molecular complexity index is 763. The zero-order valence-corrected chi connectivity index (χ0v) is 16.4. The van der Waals surface area contributed by atoms with Crippen molar-refractivity contribution in [1.29, 1.82) is 0 Å². The average molecular weight is 395 g/mol. The van der Waals surface area contributed by atoms with Crippen LogP contribution in [0.2, 0.25) is 4.34 Å². The van der Waals surface area contributed by atoms with Gasteiger partial charge in [0.15, 0.2) is 12.6 Å². The summed E-state index contributed by atoms with van der Waals surface area (Å²) in [7, 11) is 1.99. The Morgan fingerprint density at radius 2 is 2.19 bits per heavy atom. The number of hydrogen-bond donors (Lipinski definition) is 2. The fraction of sp³-hybridized carbons (Fsp3) is 0.333. The van der Waals surface area contributed by atoms with Crippen LogP contribution in [0.4, 0.5) is 0 Å². The molecular formula is C18H23ClN4O2S. The van der Waals surface area contributed by atoms with E-state index in [0.29, 0.717) is 12.3 Å². The van der Waals surface area contributed by atoms with Crippen LogP contribution in [0.15, 0.2) is 41.4 Å². The molecule has 0 fully saturated rings. The first-order chi connectivity index (χ1) is 12.5. The molecular weight excluding hydrogens is 372 g/mol. The summed E-state index contributed by atoms with van der Waals surface area (Å²) in [6.45, 7) is 3.89. The van der Waals surface area contributed by atoms with Crippen LogP contribution in [0.1, 0.15) is 17.4 Å². The molecule has 0 radical (unpaired) electrons. The predicted molar refractivity (Wildman–Crippen MR) is 107 cm³/mol. The number of nitrogens with two attached hydrogens (primary N) is 1. The van der Waals surface area contributed by atoms with Crippen molar-refractivity contribution in [3.05, 3.63) is 51.2 Å². The molecule has 1 aromatic heterocycles. The van der Waals surface area contributed by atoms with Gasteiger partial charge in [0, 0.05) is 18.5 Å². The van der Waals surface area contributed by atoms with Gasteiger partial charge in [-0.2, -0.15) is 0 Å². The standard InChI is InChI=1S/C18H23ClN4O2S/c1-3-21-18(23(2)11-15-7-8-16(19)26-15)22-10-13-5-4-6-14(9-13)25-12-17(20)24/h4-9H,3,10-12H2,1-2H3,(H2,20,24)(H,21,22). The highest BCUT2D eigenvalue weighted by Gasteiger charge is 2.08. The minimum atomic E-state index is -0.502. The van der Waals surface area contributed by atoms with Gasteiger partial charge < -0.3 is 20.7 Å². The molecule has 6 nitrogen and oxygen atoms in total. The third-order valence-electron chi connectivity index (χ3n) is 3.41. The van der Waals surface area contributed by atoms with Crippen LogP contribution in [0.3, 0.4) is 0 Å². The Morgan fingerprint density at radius 1 is 1.38 bits per heavy atom. The monoisotopic (exact) mass is 394 g/mol. The number of carbonyl (C=O) groups excluding carboxylic acids is 1. The summed E-state index contributed by atoms with van der Waals surface area (Å²) in [4.78, 5) is 18.7. The van der Waals surface area contributed by atoms with Gasteiger partial charge in [-0.1, -0.05) is 23.7 Å². The zero-order chi connectivity index (χ0) is 18.9. The van der Waals surface area contributed by atoms with E-state index in [2.05, 4.69) is 15.2 Å². The lowest BCUT2D eigenvalue weighted by Crippen LogP contribution is -2.38. The van der Waals surface area contributed by atoms with Crippen molar-refractivity contribution in [2.45, 2.75) is 20.0 Å². The molecule has 1 amide bonds. The van der Waals surface area contributed by atoms with Gasteiger partial charge >= 0.3 is 0 Å². The fourth-order valence-electron chi connectivity index (χ4n) is 2.27. The summed E-state index contributed by atoms with van der Waals surface area (Å²) in [5.41, 5.74) is 6.08. The number of halogens is 1. The number of thiophene rings is 1. The van der Waals surface area contributed by atoms with Crippen LogP contribution >= 0.6 is 22.9 Å². The van der Waals surface area contributed by atoms with Gasteiger partial charge in [-0.3, -0.25) is 4.79 Å². The summed E-state index contributed by atoms with van der Waals surface area (Å²) in [5, 5.41) is 3.29. The Balaban J connectivity index is 2.03. The average Bonchev–Trinajstić information content (AvgIpc) is 3.01. The molecule has 1 heterocycles. The van der Waals surface area contributed by atoms with E-state index in [4.69, 9.17) is 22.1 Å². The number of hydrogen-bond acceptors (Lipinski definition) is 4. The number of aliphatic imine (C=N–C) groups is 1. The zero-order valence-electron chi connectivity index (χ0n) is 14.9. The van der Waals surface area contributed by atoms with E-state index >= 15 is 0 Å². The van der Waals surface area contributed by atoms with Crippen molar-refractivity contribution in [3.63, 3.8) is 0 Å². The molecule has 1 aromatic carbocycles. The molecule has 3 N–H and O–H groups in total. The number of rotatable bonds is 8. The van der Waals surface area contributed by atoms with Gasteiger partial charge in [-0.05, 0) is 36.8 Å². The molecule has 0 aliphatic heterocycles. The summed E-state index contributed by atoms with van der Waals surface area (Å²) in [6.07, 6.45) is 0. The van der Waals surface area contributed by atoms with E-state index in [9.17, 15) is 4.79 Å². The summed E-state index contributed by atoms with van der Waals surface area (Å²) < 4.78 is 6.11. The topological polar surface area (TPSA) is 80.0 Å². The van der Waals surface area contributed by atoms with Crippen molar-refractivity contribution in [1.82, 2.24) is 10.2 Å². The minimum absolute atomic E-state index is 0.137. The SMILES string of the molecule is CCNC(=NCc1cccc(OCC(N)=O)c1)N(C)Cc1ccc(Cl)s1. The smallest absolute Gasteiger partial charge is 0.255 e. The Labute approximate surface area is 162 Å². The molecule has 0 bridgehead atoms. The van der Waals surface area contributed by atoms with Crippen LogP contribution in [-0.2, 0) is 17.9 Å². The molecule has 0 aliphatic carbocycles. The molecule has 0 aliphatic rings. The van der Waals surface area contributed by atoms with Crippen LogP contribution in [0, 0.1) is 0 Å². The number of nitrogens with one attached hydrogen (secondary N) is 1. The number of ether oxygens (including phenoxy) is 1. The van der Waals surface area contributed by atoms with Gasteiger partial charge in [0.25, 0.3) is 5.91 Å². The number of primary amides is 1. The van der Waals surface area contributed by atoms with Gasteiger partial charge in [-0.25, -0.2) is 4.99 Å². The second-order valence-corrected chi connectivity index (χ2v) is 7.43. The van der Waals surface area contributed by atoms with Gasteiger partial charge in [0.1, 0.15) is 5.75 Å². The van der Waals surface area contributed by atoms with Gasteiger partial charge in [0.2, 0.25) is 0 Å². The van der Waals surface area contributed by atoms with Gasteiger partial charge in [0.05, 0.1) is 17.4 Å². The second kappa shape index (κ2) is 10.0. The third kappa shape index (κ3) is 6.57. The largest absolute Gasteiger partial charge is 0.484 e. The normalized spacial score (nSPS) is 11.3. The van der Waals surface area contributed by atoms with E-state index < -0.39 is 5.91 Å². The first kappa shape index (κ1) is 20.1. The molecule has 0 saturated carbocycles. The van der Waals surface area contributed by atoms with Crippen molar-refractivity contribution in [3.8, 4) is 5.75 Å². The maximum absolute atomic E-state index is 10.8. The van der Waals surface area contributed by atoms with E-state index in [1.807, 2.05) is 44.3 Å². The van der Waals surface area contributed by atoms with Crippen LogP contribution < -0.4 is 15.8 Å². The second-order valence-electron chi connectivity index (χ2n) is 5.63. The molecule has 8 heteroatoms. The van der Waals surface area contributed by atoms with Crippen LogP contribution in [-0.4, -0.2) is 37.0 Å². The van der Waals surface area contributed by atoms with E-state index in [0.717, 1.165) is 28.9 Å². The highest BCUT2D eigenvalue weighted by atomic mass is 35.5. The van der Waals surface area contributed by atoms with Crippen molar-refractivity contribution < 1.29 is 9.53 Å². The van der Waals surface area contributed by atoms with Crippen LogP contribution in [0.25, 0.3) is 0 Å². The van der Waals surface area contributed by atoms with Crippen molar-refractivity contribution in [2.24, 2.45) is 10.7 Å². The molecule has 0 atom stereocenters. The Kier molecular flexibility index (Phi) is 7.74. The third-order valence-corrected chi connectivity index (χ3v) is 4.63. The highest BCUT2D eigenvalue weighted by molar-refractivity contribution is 7.16. The Hall–Kier alpha value is -2.25. The number of carbonyl (C=O) groups is 1. The predicted octanol–water partition coefficient (Wildman–Crippen LogP) is 2.86. The van der Waals surface area contributed by atoms with E-state index in [1.54, 1.807) is 17.4 Å². The summed E-state index contributed by atoms with van der Waals surface area (Å²) in [6, 6.07) is 11.4. The van der Waals surface area contributed by atoms with E-state index in [-0.39, 0.29) is 6.61 Å². The molecule has 2 aromatic rings. The molecule has 0 spiro atoms. The molecule has 0 unspecified atom stereocenters. The number of amides is 1. The lowest BCUT2D eigenvalue weighted by atomic mass is 10.2. The summed E-state index contributed by atoms with van der Waals surface area (Å²) >= 11 is 7.56. The number of benzene rings is 1. The van der Waals surface area contributed by atoms with Crippen molar-refractivity contribution >= 4 is 34.8 Å². The lowest BCUT2D eigenvalue weighted by molar-refractivity contribution is -0.119. The van der Waals surface area contributed by atoms with Crippen molar-refractivity contribution in [2.75, 3.05) is 20.2 Å². The first-order valence-electron chi connectivity index (χ1n) is 8.21. The fourth-order valence-corrected chi connectivity index (χ4v) is 3.41.